The third-order valence-corrected chi connectivity index (χ3v) is 7.09. The van der Waals surface area contributed by atoms with Crippen LogP contribution in [0, 0.1) is 30.3 Å². The molecule has 3 aromatic rings. The first-order valence-corrected chi connectivity index (χ1v) is 11.8. The van der Waals surface area contributed by atoms with Crippen LogP contribution in [0.2, 0.25) is 0 Å². The number of hydrogen-bond acceptors (Lipinski definition) is 0. The molecule has 0 spiro atoms. The predicted octanol–water partition coefficient (Wildman–Crippen LogP) is 9.21. The maximum atomic E-state index is 14.8. The van der Waals surface area contributed by atoms with Crippen molar-refractivity contribution in [3.8, 4) is 22.3 Å². The zero-order valence-electron chi connectivity index (χ0n) is 18.9. The third kappa shape index (κ3) is 4.92. The summed E-state index contributed by atoms with van der Waals surface area (Å²) in [6.45, 7) is 3.63. The van der Waals surface area contributed by atoms with Crippen LogP contribution >= 0.6 is 0 Å². The largest absolute Gasteiger partial charge is 0.207 e. The van der Waals surface area contributed by atoms with E-state index in [1.54, 1.807) is 6.07 Å². The highest BCUT2D eigenvalue weighted by molar-refractivity contribution is 5.71. The summed E-state index contributed by atoms with van der Waals surface area (Å²) in [4.78, 5) is 0. The maximum Gasteiger partial charge on any atom is 0.131 e. The molecule has 3 aromatic carbocycles. The van der Waals surface area contributed by atoms with Gasteiger partial charge in [0.1, 0.15) is 17.5 Å². The van der Waals surface area contributed by atoms with Crippen molar-refractivity contribution >= 4 is 0 Å². The monoisotopic (exact) mass is 436 g/mol. The molecule has 0 unspecified atom stereocenters. The second kappa shape index (κ2) is 9.94. The van der Waals surface area contributed by atoms with Crippen LogP contribution in [0.5, 0.6) is 0 Å². The average Bonchev–Trinajstić information content (AvgIpc) is 2.81. The molecule has 0 aliphatic heterocycles. The van der Waals surface area contributed by atoms with Crippen LogP contribution < -0.4 is 0 Å². The minimum absolute atomic E-state index is 0.0553. The molecule has 0 saturated heterocycles. The molecule has 0 atom stereocenters. The van der Waals surface area contributed by atoms with E-state index in [-0.39, 0.29) is 16.7 Å². The van der Waals surface area contributed by atoms with Gasteiger partial charge in [-0.1, -0.05) is 62.6 Å². The first-order valence-electron chi connectivity index (χ1n) is 11.8. The average molecular weight is 437 g/mol. The van der Waals surface area contributed by atoms with Gasteiger partial charge in [0, 0.05) is 11.1 Å². The Labute approximate surface area is 189 Å². The lowest BCUT2D eigenvalue weighted by molar-refractivity contribution is 0.304. The second-order valence-corrected chi connectivity index (χ2v) is 9.24. The number of halogens is 3. The Morgan fingerprint density at radius 1 is 0.719 bits per heavy atom. The van der Waals surface area contributed by atoms with Crippen LogP contribution in [0.1, 0.15) is 68.9 Å². The predicted molar refractivity (Wildman–Crippen MR) is 126 cm³/mol. The zero-order chi connectivity index (χ0) is 22.7. The molecular weight excluding hydrogens is 405 g/mol. The Morgan fingerprint density at radius 2 is 1.31 bits per heavy atom. The fourth-order valence-corrected chi connectivity index (χ4v) is 4.95. The van der Waals surface area contributed by atoms with E-state index in [0.29, 0.717) is 5.92 Å². The Balaban J connectivity index is 1.47. The first-order chi connectivity index (χ1) is 15.5. The van der Waals surface area contributed by atoms with Crippen molar-refractivity contribution in [3.63, 3.8) is 0 Å². The van der Waals surface area contributed by atoms with E-state index in [4.69, 9.17) is 0 Å². The number of hydrogen-bond donors (Lipinski definition) is 0. The van der Waals surface area contributed by atoms with Crippen molar-refractivity contribution in [1.29, 1.82) is 0 Å². The topological polar surface area (TPSA) is 0 Å². The second-order valence-electron chi connectivity index (χ2n) is 9.24. The number of benzene rings is 3. The summed E-state index contributed by atoms with van der Waals surface area (Å²) in [5, 5.41) is 0. The smallest absolute Gasteiger partial charge is 0.131 e. The summed E-state index contributed by atoms with van der Waals surface area (Å²) in [5.74, 6) is -0.314. The Hall–Kier alpha value is -2.55. The molecule has 3 heteroatoms. The van der Waals surface area contributed by atoms with Gasteiger partial charge in [-0.15, -0.1) is 0 Å². The molecule has 0 radical (unpaired) electrons. The molecule has 168 valence electrons. The molecule has 1 aliphatic rings. The van der Waals surface area contributed by atoms with E-state index in [2.05, 4.69) is 31.2 Å². The molecule has 4 rings (SSSR count). The standard InChI is InChI=1S/C29H31F3/c1-3-4-5-20-6-8-21(9-7-20)22-10-12-23(13-11-22)24-14-15-26(29(32)16-24)25-17-27(30)19(2)28(31)18-25/h10-18,20-21H,3-9H2,1-2H3. The van der Waals surface area contributed by atoms with Crippen LogP contribution in [0.15, 0.2) is 54.6 Å². The van der Waals surface area contributed by atoms with E-state index >= 15 is 0 Å². The highest BCUT2D eigenvalue weighted by Crippen LogP contribution is 2.38. The molecule has 1 fully saturated rings. The van der Waals surface area contributed by atoms with Crippen molar-refractivity contribution in [2.24, 2.45) is 5.92 Å². The normalized spacial score (nSPS) is 18.7. The van der Waals surface area contributed by atoms with Gasteiger partial charge < -0.3 is 0 Å². The first kappa shape index (κ1) is 22.6. The van der Waals surface area contributed by atoms with E-state index in [0.717, 1.165) is 17.0 Å². The fraction of sp³-hybridized carbons (Fsp3) is 0.379. The lowest BCUT2D eigenvalue weighted by Crippen LogP contribution is -2.13. The minimum atomic E-state index is -0.668. The maximum absolute atomic E-state index is 14.8. The van der Waals surface area contributed by atoms with Gasteiger partial charge in [0.2, 0.25) is 0 Å². The fourth-order valence-electron chi connectivity index (χ4n) is 4.95. The van der Waals surface area contributed by atoms with E-state index < -0.39 is 17.5 Å². The van der Waals surface area contributed by atoms with Crippen molar-refractivity contribution in [2.45, 2.75) is 64.7 Å². The van der Waals surface area contributed by atoms with Crippen molar-refractivity contribution < 1.29 is 13.2 Å². The lowest BCUT2D eigenvalue weighted by Gasteiger charge is -2.29. The van der Waals surface area contributed by atoms with Crippen LogP contribution in [0.3, 0.4) is 0 Å². The van der Waals surface area contributed by atoms with Gasteiger partial charge in [-0.3, -0.25) is 0 Å². The van der Waals surface area contributed by atoms with Crippen molar-refractivity contribution in [3.05, 3.63) is 83.2 Å². The highest BCUT2D eigenvalue weighted by Gasteiger charge is 2.22. The van der Waals surface area contributed by atoms with Crippen molar-refractivity contribution in [2.75, 3.05) is 0 Å². The minimum Gasteiger partial charge on any atom is -0.207 e. The van der Waals surface area contributed by atoms with Gasteiger partial charge in [-0.25, -0.2) is 13.2 Å². The van der Waals surface area contributed by atoms with Gasteiger partial charge >= 0.3 is 0 Å². The van der Waals surface area contributed by atoms with Crippen LogP contribution in [0.25, 0.3) is 22.3 Å². The molecule has 0 aromatic heterocycles. The van der Waals surface area contributed by atoms with Crippen LogP contribution in [-0.4, -0.2) is 0 Å². The molecule has 0 nitrogen and oxygen atoms in total. The molecule has 0 heterocycles. The number of unbranched alkanes of at least 4 members (excludes halogenated alkanes) is 1. The SMILES string of the molecule is CCCCC1CCC(c2ccc(-c3ccc(-c4cc(F)c(C)c(F)c4)c(F)c3)cc2)CC1. The van der Waals surface area contributed by atoms with Gasteiger partial charge in [0.25, 0.3) is 0 Å². The molecule has 1 aliphatic carbocycles. The molecule has 32 heavy (non-hydrogen) atoms. The molecule has 0 bridgehead atoms. The highest BCUT2D eigenvalue weighted by atomic mass is 19.1. The van der Waals surface area contributed by atoms with E-state index in [1.807, 2.05) is 6.07 Å². The zero-order valence-corrected chi connectivity index (χ0v) is 18.9. The van der Waals surface area contributed by atoms with Gasteiger partial charge in [0.15, 0.2) is 0 Å². The summed E-state index contributed by atoms with van der Waals surface area (Å²) in [6.07, 6.45) is 9.13. The third-order valence-electron chi connectivity index (χ3n) is 7.09. The van der Waals surface area contributed by atoms with Crippen LogP contribution in [0.4, 0.5) is 13.2 Å². The van der Waals surface area contributed by atoms with Gasteiger partial charge in [-0.05, 0) is 84.9 Å². The molecule has 1 saturated carbocycles. The van der Waals surface area contributed by atoms with Crippen LogP contribution in [-0.2, 0) is 0 Å². The van der Waals surface area contributed by atoms with E-state index in [9.17, 15) is 13.2 Å². The van der Waals surface area contributed by atoms with Crippen molar-refractivity contribution in [1.82, 2.24) is 0 Å². The Morgan fingerprint density at radius 3 is 1.91 bits per heavy atom. The summed E-state index contributed by atoms with van der Waals surface area (Å²) in [7, 11) is 0. The summed E-state index contributed by atoms with van der Waals surface area (Å²) in [5.41, 5.74) is 3.42. The Kier molecular flexibility index (Phi) is 7.03. The summed E-state index contributed by atoms with van der Waals surface area (Å²) in [6, 6.07) is 15.7. The summed E-state index contributed by atoms with van der Waals surface area (Å²) < 4.78 is 42.6. The lowest BCUT2D eigenvalue weighted by atomic mass is 9.77. The molecule has 0 amide bonds. The number of rotatable bonds is 6. The molecular formula is C29H31F3. The van der Waals surface area contributed by atoms with Gasteiger partial charge in [0.05, 0.1) is 0 Å². The Bertz CT molecular complexity index is 1040. The molecule has 0 N–H and O–H groups in total. The quantitative estimate of drug-likeness (QED) is 0.361. The van der Waals surface area contributed by atoms with Gasteiger partial charge in [-0.2, -0.15) is 0 Å². The summed E-state index contributed by atoms with van der Waals surface area (Å²) >= 11 is 0. The van der Waals surface area contributed by atoms with E-state index in [1.165, 1.54) is 75.6 Å².